The van der Waals surface area contributed by atoms with E-state index in [0.29, 0.717) is 6.42 Å². The van der Waals surface area contributed by atoms with E-state index >= 15 is 0 Å². The molecule has 4 nitrogen and oxygen atoms in total. The highest BCUT2D eigenvalue weighted by Gasteiger charge is 2.21. The molecule has 0 heterocycles. The Morgan fingerprint density at radius 2 is 1.87 bits per heavy atom. The molecule has 0 saturated heterocycles. The molecule has 0 radical (unpaired) electrons. The summed E-state index contributed by atoms with van der Waals surface area (Å²) in [5.41, 5.74) is -0.0152. The normalized spacial score (nSPS) is 13.6. The molecule has 0 amide bonds. The first-order valence-corrected chi connectivity index (χ1v) is 5.16. The highest BCUT2D eigenvalue weighted by Crippen LogP contribution is 2.13. The number of allylic oxidation sites excluding steroid dienone is 1. The van der Waals surface area contributed by atoms with E-state index in [2.05, 4.69) is 6.92 Å². The Labute approximate surface area is 89.6 Å². The van der Waals surface area contributed by atoms with Gasteiger partial charge in [-0.3, -0.25) is 4.79 Å². The van der Waals surface area contributed by atoms with Gasteiger partial charge in [-0.15, -0.1) is 0 Å². The third kappa shape index (κ3) is 5.20. The van der Waals surface area contributed by atoms with Crippen molar-refractivity contribution in [3.63, 3.8) is 0 Å². The molecule has 2 N–H and O–H groups in total. The highest BCUT2D eigenvalue weighted by atomic mass is 16.4. The Hall–Kier alpha value is -1.32. The SMILES string of the molecule is CCCCC/C=C(/C(=O)O)C(C)C(=O)O. The van der Waals surface area contributed by atoms with Gasteiger partial charge < -0.3 is 10.2 Å². The van der Waals surface area contributed by atoms with Crippen LogP contribution in [0.5, 0.6) is 0 Å². The van der Waals surface area contributed by atoms with Crippen LogP contribution in [-0.4, -0.2) is 22.2 Å². The van der Waals surface area contributed by atoms with Gasteiger partial charge in [0, 0.05) is 5.57 Å². The third-order valence-electron chi connectivity index (χ3n) is 2.26. The van der Waals surface area contributed by atoms with Gasteiger partial charge in [0.1, 0.15) is 0 Å². The lowest BCUT2D eigenvalue weighted by Gasteiger charge is -2.07. The van der Waals surface area contributed by atoms with Gasteiger partial charge in [-0.05, 0) is 19.8 Å². The molecule has 15 heavy (non-hydrogen) atoms. The van der Waals surface area contributed by atoms with E-state index < -0.39 is 17.9 Å². The third-order valence-corrected chi connectivity index (χ3v) is 2.26. The van der Waals surface area contributed by atoms with Crippen molar-refractivity contribution < 1.29 is 19.8 Å². The Balaban J connectivity index is 4.38. The molecule has 0 aromatic rings. The topological polar surface area (TPSA) is 74.6 Å². The number of rotatable bonds is 7. The van der Waals surface area contributed by atoms with Gasteiger partial charge in [0.25, 0.3) is 0 Å². The maximum absolute atomic E-state index is 10.8. The second kappa shape index (κ2) is 7.04. The van der Waals surface area contributed by atoms with Crippen LogP contribution in [0.15, 0.2) is 11.6 Å². The monoisotopic (exact) mass is 214 g/mol. The Kier molecular flexibility index (Phi) is 6.42. The molecule has 0 rings (SSSR count). The lowest BCUT2D eigenvalue weighted by molar-refractivity contribution is -0.143. The Morgan fingerprint density at radius 3 is 2.27 bits per heavy atom. The minimum atomic E-state index is -1.14. The summed E-state index contributed by atoms with van der Waals surface area (Å²) in [6, 6.07) is 0. The molecule has 0 aliphatic rings. The van der Waals surface area contributed by atoms with Crippen molar-refractivity contribution in [2.45, 2.75) is 39.5 Å². The summed E-state index contributed by atoms with van der Waals surface area (Å²) in [5.74, 6) is -3.18. The van der Waals surface area contributed by atoms with E-state index in [1.54, 1.807) is 0 Å². The van der Waals surface area contributed by atoms with Gasteiger partial charge in [0.2, 0.25) is 0 Å². The molecule has 4 heteroatoms. The molecule has 0 aliphatic heterocycles. The summed E-state index contributed by atoms with van der Waals surface area (Å²) in [4.78, 5) is 21.4. The van der Waals surface area contributed by atoms with Gasteiger partial charge in [-0.1, -0.05) is 25.8 Å². The van der Waals surface area contributed by atoms with Crippen molar-refractivity contribution in [2.75, 3.05) is 0 Å². The van der Waals surface area contributed by atoms with Gasteiger partial charge >= 0.3 is 11.9 Å². The number of hydrogen-bond donors (Lipinski definition) is 2. The molecular weight excluding hydrogens is 196 g/mol. The van der Waals surface area contributed by atoms with Crippen molar-refractivity contribution in [2.24, 2.45) is 5.92 Å². The van der Waals surface area contributed by atoms with E-state index in [9.17, 15) is 9.59 Å². The zero-order valence-corrected chi connectivity index (χ0v) is 9.19. The molecule has 1 unspecified atom stereocenters. The quantitative estimate of drug-likeness (QED) is 0.503. The molecule has 0 fully saturated rings. The first-order valence-electron chi connectivity index (χ1n) is 5.16. The Bertz CT molecular complexity index is 255. The fraction of sp³-hybridized carbons (Fsp3) is 0.636. The number of hydrogen-bond acceptors (Lipinski definition) is 2. The summed E-state index contributed by atoms with van der Waals surface area (Å²) in [6.45, 7) is 3.45. The summed E-state index contributed by atoms with van der Waals surface area (Å²) in [7, 11) is 0. The predicted octanol–water partition coefficient (Wildman–Crippen LogP) is 2.30. The molecule has 0 aromatic carbocycles. The number of unbranched alkanes of at least 4 members (excludes halogenated alkanes) is 3. The number of aliphatic carboxylic acids is 2. The largest absolute Gasteiger partial charge is 0.481 e. The Morgan fingerprint density at radius 1 is 1.27 bits per heavy atom. The van der Waals surface area contributed by atoms with Crippen LogP contribution in [0, 0.1) is 5.92 Å². The molecule has 0 spiro atoms. The maximum atomic E-state index is 10.8. The minimum absolute atomic E-state index is 0.0152. The van der Waals surface area contributed by atoms with E-state index in [1.165, 1.54) is 13.0 Å². The van der Waals surface area contributed by atoms with Crippen LogP contribution in [0.25, 0.3) is 0 Å². The predicted molar refractivity (Wildman–Crippen MR) is 56.7 cm³/mol. The molecule has 1 atom stereocenters. The molecule has 0 saturated carbocycles. The summed E-state index contributed by atoms with van der Waals surface area (Å²) < 4.78 is 0. The minimum Gasteiger partial charge on any atom is -0.481 e. The summed E-state index contributed by atoms with van der Waals surface area (Å²) in [5, 5.41) is 17.5. The van der Waals surface area contributed by atoms with Crippen LogP contribution in [0.4, 0.5) is 0 Å². The maximum Gasteiger partial charge on any atom is 0.332 e. The van der Waals surface area contributed by atoms with Crippen LogP contribution in [0.3, 0.4) is 0 Å². The fourth-order valence-corrected chi connectivity index (χ4v) is 1.23. The zero-order chi connectivity index (χ0) is 11.8. The molecule has 86 valence electrons. The van der Waals surface area contributed by atoms with Crippen LogP contribution in [-0.2, 0) is 9.59 Å². The van der Waals surface area contributed by atoms with Gasteiger partial charge in [0.15, 0.2) is 0 Å². The second-order valence-electron chi connectivity index (χ2n) is 3.52. The van der Waals surface area contributed by atoms with E-state index in [0.717, 1.165) is 19.3 Å². The second-order valence-corrected chi connectivity index (χ2v) is 3.52. The van der Waals surface area contributed by atoms with Crippen molar-refractivity contribution >= 4 is 11.9 Å². The van der Waals surface area contributed by atoms with Crippen molar-refractivity contribution in [1.82, 2.24) is 0 Å². The highest BCUT2D eigenvalue weighted by molar-refractivity contribution is 5.93. The lowest BCUT2D eigenvalue weighted by atomic mass is 9.99. The van der Waals surface area contributed by atoms with E-state index in [4.69, 9.17) is 10.2 Å². The van der Waals surface area contributed by atoms with Crippen LogP contribution >= 0.6 is 0 Å². The average molecular weight is 214 g/mol. The molecule has 0 bridgehead atoms. The first-order chi connectivity index (χ1) is 7.00. The molecular formula is C11H18O4. The standard InChI is InChI=1S/C11H18O4/c1-3-4-5-6-7-9(11(14)15)8(2)10(12)13/h7-8H,3-6H2,1-2H3,(H,12,13)(H,14,15)/b9-7+. The van der Waals surface area contributed by atoms with Gasteiger partial charge in [0.05, 0.1) is 5.92 Å². The summed E-state index contributed by atoms with van der Waals surface area (Å²) in [6.07, 6.45) is 5.15. The van der Waals surface area contributed by atoms with Crippen molar-refractivity contribution in [1.29, 1.82) is 0 Å². The van der Waals surface area contributed by atoms with E-state index in [1.807, 2.05) is 0 Å². The fourth-order valence-electron chi connectivity index (χ4n) is 1.23. The van der Waals surface area contributed by atoms with Crippen molar-refractivity contribution in [3.05, 3.63) is 11.6 Å². The molecule has 0 aromatic heterocycles. The van der Waals surface area contributed by atoms with E-state index in [-0.39, 0.29) is 5.57 Å². The van der Waals surface area contributed by atoms with Crippen molar-refractivity contribution in [3.8, 4) is 0 Å². The van der Waals surface area contributed by atoms with Gasteiger partial charge in [-0.25, -0.2) is 4.79 Å². The first kappa shape index (κ1) is 13.7. The lowest BCUT2D eigenvalue weighted by Crippen LogP contribution is -2.18. The summed E-state index contributed by atoms with van der Waals surface area (Å²) >= 11 is 0. The van der Waals surface area contributed by atoms with Crippen LogP contribution in [0.2, 0.25) is 0 Å². The van der Waals surface area contributed by atoms with Crippen LogP contribution in [0.1, 0.15) is 39.5 Å². The average Bonchev–Trinajstić information content (AvgIpc) is 2.16. The van der Waals surface area contributed by atoms with Crippen LogP contribution < -0.4 is 0 Å². The zero-order valence-electron chi connectivity index (χ0n) is 9.19. The smallest absolute Gasteiger partial charge is 0.332 e. The van der Waals surface area contributed by atoms with Gasteiger partial charge in [-0.2, -0.15) is 0 Å². The molecule has 0 aliphatic carbocycles. The number of carbonyl (C=O) groups is 2. The number of carboxylic acids is 2. The number of carboxylic acid groups (broad SMARTS) is 2.